The number of thioether (sulfide) groups is 1. The Hall–Kier alpha value is -1.59. The van der Waals surface area contributed by atoms with E-state index in [1.165, 1.54) is 19.2 Å². The number of rotatable bonds is 5. The van der Waals surface area contributed by atoms with E-state index in [2.05, 4.69) is 0 Å². The maximum atomic E-state index is 13.1. The highest BCUT2D eigenvalue weighted by molar-refractivity contribution is 8.00. The minimum Gasteiger partial charge on any atom is -0.495 e. The van der Waals surface area contributed by atoms with Gasteiger partial charge in [-0.25, -0.2) is 8.78 Å². The van der Waals surface area contributed by atoms with E-state index in [1.807, 2.05) is 0 Å². The Morgan fingerprint density at radius 1 is 1.19 bits per heavy atom. The van der Waals surface area contributed by atoms with Gasteiger partial charge in [0.2, 0.25) is 0 Å². The third-order valence-electron chi connectivity index (χ3n) is 2.73. The van der Waals surface area contributed by atoms with Crippen LogP contribution in [0.1, 0.15) is 10.4 Å². The molecule has 0 N–H and O–H groups in total. The molecule has 0 atom stereocenters. The predicted octanol–water partition coefficient (Wildman–Crippen LogP) is 4.60. The van der Waals surface area contributed by atoms with Crippen LogP contribution in [0.4, 0.5) is 8.78 Å². The normalized spacial score (nSPS) is 10.5. The largest absolute Gasteiger partial charge is 0.495 e. The Bertz CT molecular complexity index is 677. The Labute approximate surface area is 130 Å². The second kappa shape index (κ2) is 6.91. The van der Waals surface area contributed by atoms with Crippen molar-refractivity contribution in [3.63, 3.8) is 0 Å². The first-order valence-corrected chi connectivity index (χ1v) is 7.32. The average Bonchev–Trinajstić information content (AvgIpc) is 2.48. The van der Waals surface area contributed by atoms with Gasteiger partial charge in [-0.2, -0.15) is 0 Å². The quantitative estimate of drug-likeness (QED) is 0.592. The standard InChI is InChI=1S/C15H11ClF2O2S/c1-20-15-5-2-9(6-11(15)16)14(19)8-21-10-3-4-12(17)13(18)7-10/h2-7H,8H2,1H3. The van der Waals surface area contributed by atoms with E-state index in [1.54, 1.807) is 12.1 Å². The van der Waals surface area contributed by atoms with Crippen LogP contribution in [0.3, 0.4) is 0 Å². The highest BCUT2D eigenvalue weighted by Crippen LogP contribution is 2.26. The zero-order valence-electron chi connectivity index (χ0n) is 11.0. The van der Waals surface area contributed by atoms with E-state index >= 15 is 0 Å². The van der Waals surface area contributed by atoms with Gasteiger partial charge in [-0.15, -0.1) is 11.8 Å². The third kappa shape index (κ3) is 3.95. The molecule has 0 amide bonds. The van der Waals surface area contributed by atoms with Crippen LogP contribution in [0.5, 0.6) is 5.75 Å². The van der Waals surface area contributed by atoms with E-state index in [9.17, 15) is 13.6 Å². The minimum absolute atomic E-state index is 0.105. The molecular weight excluding hydrogens is 318 g/mol. The summed E-state index contributed by atoms with van der Waals surface area (Å²) in [4.78, 5) is 12.5. The molecule has 0 aromatic heterocycles. The summed E-state index contributed by atoms with van der Waals surface area (Å²) in [7, 11) is 1.49. The van der Waals surface area contributed by atoms with Crippen molar-refractivity contribution >= 4 is 29.1 Å². The molecule has 21 heavy (non-hydrogen) atoms. The van der Waals surface area contributed by atoms with Gasteiger partial charge in [0.05, 0.1) is 17.9 Å². The fourth-order valence-corrected chi connectivity index (χ4v) is 2.71. The van der Waals surface area contributed by atoms with Crippen molar-refractivity contribution < 1.29 is 18.3 Å². The minimum atomic E-state index is -0.931. The number of hydrogen-bond donors (Lipinski definition) is 0. The van der Waals surface area contributed by atoms with Crippen LogP contribution in [-0.4, -0.2) is 18.6 Å². The van der Waals surface area contributed by atoms with Gasteiger partial charge in [-0.1, -0.05) is 11.6 Å². The fraction of sp³-hybridized carbons (Fsp3) is 0.133. The summed E-state index contributed by atoms with van der Waals surface area (Å²) >= 11 is 7.09. The highest BCUT2D eigenvalue weighted by Gasteiger charge is 2.11. The Morgan fingerprint density at radius 2 is 1.95 bits per heavy atom. The number of Topliss-reactive ketones (excluding diaryl/α,β-unsaturated/α-hetero) is 1. The first kappa shape index (κ1) is 15.8. The molecule has 110 valence electrons. The maximum absolute atomic E-state index is 13.1. The first-order chi connectivity index (χ1) is 10.0. The Balaban J connectivity index is 2.04. The number of carbonyl (C=O) groups excluding carboxylic acids is 1. The van der Waals surface area contributed by atoms with Crippen molar-refractivity contribution in [1.29, 1.82) is 0 Å². The highest BCUT2D eigenvalue weighted by atomic mass is 35.5. The van der Waals surface area contributed by atoms with Crippen molar-refractivity contribution in [3.8, 4) is 5.75 Å². The lowest BCUT2D eigenvalue weighted by Crippen LogP contribution is -2.02. The van der Waals surface area contributed by atoms with E-state index in [4.69, 9.17) is 16.3 Å². The molecule has 0 radical (unpaired) electrons. The molecule has 2 rings (SSSR count). The number of ether oxygens (including phenoxy) is 1. The lowest BCUT2D eigenvalue weighted by atomic mass is 10.1. The molecule has 0 heterocycles. The maximum Gasteiger partial charge on any atom is 0.173 e. The van der Waals surface area contributed by atoms with Gasteiger partial charge in [-0.3, -0.25) is 4.79 Å². The van der Waals surface area contributed by atoms with Crippen LogP contribution >= 0.6 is 23.4 Å². The summed E-state index contributed by atoms with van der Waals surface area (Å²) < 4.78 is 30.9. The molecule has 0 spiro atoms. The van der Waals surface area contributed by atoms with E-state index < -0.39 is 11.6 Å². The number of halogens is 3. The summed E-state index contributed by atoms with van der Waals surface area (Å²) in [6.07, 6.45) is 0. The van der Waals surface area contributed by atoms with Crippen LogP contribution in [-0.2, 0) is 0 Å². The second-order valence-corrected chi connectivity index (χ2v) is 5.59. The van der Waals surface area contributed by atoms with E-state index in [0.717, 1.165) is 23.9 Å². The zero-order valence-corrected chi connectivity index (χ0v) is 12.6. The third-order valence-corrected chi connectivity index (χ3v) is 4.02. The predicted molar refractivity (Wildman–Crippen MR) is 79.4 cm³/mol. The molecule has 0 saturated carbocycles. The fourth-order valence-electron chi connectivity index (χ4n) is 1.64. The SMILES string of the molecule is COc1ccc(C(=O)CSc2ccc(F)c(F)c2)cc1Cl. The van der Waals surface area contributed by atoms with E-state index in [-0.39, 0.29) is 11.5 Å². The Morgan fingerprint density at radius 3 is 2.57 bits per heavy atom. The molecule has 0 saturated heterocycles. The number of hydrogen-bond acceptors (Lipinski definition) is 3. The van der Waals surface area contributed by atoms with Crippen LogP contribution in [0.2, 0.25) is 5.02 Å². The molecule has 0 aliphatic rings. The van der Waals surface area contributed by atoms with Crippen LogP contribution in [0, 0.1) is 11.6 Å². The summed E-state index contributed by atoms with van der Waals surface area (Å²) in [5.74, 6) is -1.41. The van der Waals surface area contributed by atoms with Crippen molar-refractivity contribution in [2.24, 2.45) is 0 Å². The molecule has 2 aromatic rings. The summed E-state index contributed by atoms with van der Waals surface area (Å²) in [5.41, 5.74) is 0.441. The van der Waals surface area contributed by atoms with Crippen molar-refractivity contribution in [1.82, 2.24) is 0 Å². The summed E-state index contributed by atoms with van der Waals surface area (Å²) in [6, 6.07) is 8.27. The van der Waals surface area contributed by atoms with Crippen LogP contribution in [0.25, 0.3) is 0 Å². The van der Waals surface area contributed by atoms with E-state index in [0.29, 0.717) is 21.2 Å². The molecule has 2 aromatic carbocycles. The number of ketones is 1. The van der Waals surface area contributed by atoms with Gasteiger partial charge in [0, 0.05) is 10.5 Å². The van der Waals surface area contributed by atoms with Gasteiger partial charge in [0.25, 0.3) is 0 Å². The summed E-state index contributed by atoms with van der Waals surface area (Å²) in [5, 5.41) is 0.348. The zero-order chi connectivity index (χ0) is 15.4. The van der Waals surface area contributed by atoms with Crippen LogP contribution < -0.4 is 4.74 Å². The number of methoxy groups -OCH3 is 1. The Kier molecular flexibility index (Phi) is 5.20. The van der Waals surface area contributed by atoms with Gasteiger partial charge in [-0.05, 0) is 36.4 Å². The van der Waals surface area contributed by atoms with Gasteiger partial charge in [0.1, 0.15) is 5.75 Å². The van der Waals surface area contributed by atoms with Crippen LogP contribution in [0.15, 0.2) is 41.3 Å². The molecule has 2 nitrogen and oxygen atoms in total. The second-order valence-electron chi connectivity index (χ2n) is 4.14. The molecular formula is C15H11ClF2O2S. The smallest absolute Gasteiger partial charge is 0.173 e. The molecule has 0 aliphatic heterocycles. The lowest BCUT2D eigenvalue weighted by molar-refractivity contribution is 0.102. The lowest BCUT2D eigenvalue weighted by Gasteiger charge is -2.06. The topological polar surface area (TPSA) is 26.3 Å². The van der Waals surface area contributed by atoms with Crippen molar-refractivity contribution in [3.05, 3.63) is 58.6 Å². The van der Waals surface area contributed by atoms with Crippen molar-refractivity contribution in [2.75, 3.05) is 12.9 Å². The van der Waals surface area contributed by atoms with Crippen molar-refractivity contribution in [2.45, 2.75) is 4.90 Å². The molecule has 0 bridgehead atoms. The van der Waals surface area contributed by atoms with Gasteiger partial charge >= 0.3 is 0 Å². The van der Waals surface area contributed by atoms with Gasteiger partial charge in [0.15, 0.2) is 17.4 Å². The number of carbonyl (C=O) groups is 1. The summed E-state index contributed by atoms with van der Waals surface area (Å²) in [6.45, 7) is 0. The molecule has 6 heteroatoms. The number of benzene rings is 2. The molecule has 0 unspecified atom stereocenters. The molecule has 0 fully saturated rings. The average molecular weight is 329 g/mol. The van der Waals surface area contributed by atoms with Gasteiger partial charge < -0.3 is 4.74 Å². The molecule has 0 aliphatic carbocycles. The first-order valence-electron chi connectivity index (χ1n) is 5.96. The monoisotopic (exact) mass is 328 g/mol.